The molecule has 16 heavy (non-hydrogen) atoms. The number of hydrogen-bond acceptors (Lipinski definition) is 3. The molecule has 92 valence electrons. The smallest absolute Gasteiger partial charge is 0.387 e. The first kappa shape index (κ1) is 13.5. The van der Waals surface area contributed by atoms with Crippen molar-refractivity contribution in [2.45, 2.75) is 31.7 Å². The summed E-state index contributed by atoms with van der Waals surface area (Å²) in [6.45, 7) is 1.47. The molecule has 2 unspecified atom stereocenters. The Morgan fingerprint density at radius 1 is 1.50 bits per heavy atom. The molecule has 2 nitrogen and oxygen atoms in total. The van der Waals surface area contributed by atoms with Gasteiger partial charge in [-0.25, -0.2) is 0 Å². The fourth-order valence-corrected chi connectivity index (χ4v) is 2.02. The van der Waals surface area contributed by atoms with Crippen molar-refractivity contribution in [3.63, 3.8) is 0 Å². The van der Waals surface area contributed by atoms with Crippen LogP contribution in [0, 0.1) is 0 Å². The largest absolute Gasteiger partial charge is 0.414 e. The van der Waals surface area contributed by atoms with Crippen molar-refractivity contribution in [1.82, 2.24) is 0 Å². The number of aliphatic hydroxyl groups is 1. The van der Waals surface area contributed by atoms with Gasteiger partial charge in [0.05, 0.1) is 6.10 Å². The maximum absolute atomic E-state index is 12.5. The summed E-state index contributed by atoms with van der Waals surface area (Å²) >= 11 is 1.23. The third-order valence-electron chi connectivity index (χ3n) is 2.04. The highest BCUT2D eigenvalue weighted by atomic mass is 32.1. The van der Waals surface area contributed by atoms with Gasteiger partial charge in [-0.15, -0.1) is 11.3 Å². The van der Waals surface area contributed by atoms with Crippen LogP contribution in [-0.4, -0.2) is 24.0 Å². The lowest BCUT2D eigenvalue weighted by Gasteiger charge is -2.22. The van der Waals surface area contributed by atoms with Crippen molar-refractivity contribution in [1.29, 1.82) is 0 Å². The summed E-state index contributed by atoms with van der Waals surface area (Å²) in [5.41, 5.74) is 0. The highest BCUT2D eigenvalue weighted by Crippen LogP contribution is 2.31. The number of thiophene rings is 1. The van der Waals surface area contributed by atoms with Gasteiger partial charge in [-0.1, -0.05) is 6.07 Å². The van der Waals surface area contributed by atoms with Crippen molar-refractivity contribution in [2.75, 3.05) is 6.61 Å². The Morgan fingerprint density at radius 2 is 2.19 bits per heavy atom. The Hall–Kier alpha value is -0.590. The Kier molecular flexibility index (Phi) is 4.76. The summed E-state index contributed by atoms with van der Waals surface area (Å²) < 4.78 is 42.0. The second-order valence-electron chi connectivity index (χ2n) is 3.25. The van der Waals surface area contributed by atoms with Crippen LogP contribution in [-0.2, 0) is 4.74 Å². The van der Waals surface area contributed by atoms with Crippen LogP contribution in [0.4, 0.5) is 13.2 Å². The molecule has 0 bridgehead atoms. The number of aliphatic hydroxyl groups excluding tert-OH is 1. The highest BCUT2D eigenvalue weighted by Gasteiger charge is 2.41. The first-order chi connectivity index (χ1) is 7.45. The molecule has 0 radical (unpaired) electrons. The first-order valence-electron chi connectivity index (χ1n) is 4.85. The molecule has 1 N–H and O–H groups in total. The minimum atomic E-state index is -4.44. The fourth-order valence-electron chi connectivity index (χ4n) is 1.30. The van der Waals surface area contributed by atoms with Crippen molar-refractivity contribution in [3.8, 4) is 0 Å². The zero-order chi connectivity index (χ0) is 12.2. The second kappa shape index (κ2) is 5.65. The Bertz CT molecular complexity index is 298. The molecule has 0 saturated heterocycles. The quantitative estimate of drug-likeness (QED) is 0.874. The number of halogens is 3. The summed E-state index contributed by atoms with van der Waals surface area (Å²) in [6, 6.07) is 3.29. The summed E-state index contributed by atoms with van der Waals surface area (Å²) in [5, 5.41) is 11.3. The van der Waals surface area contributed by atoms with Crippen molar-refractivity contribution in [2.24, 2.45) is 0 Å². The lowest BCUT2D eigenvalue weighted by molar-refractivity contribution is -0.226. The van der Waals surface area contributed by atoms with Gasteiger partial charge >= 0.3 is 6.18 Å². The first-order valence-corrected chi connectivity index (χ1v) is 5.73. The summed E-state index contributed by atoms with van der Waals surface area (Å²) in [4.78, 5) is 0.522. The summed E-state index contributed by atoms with van der Waals surface area (Å²) in [5.74, 6) is 0. The molecule has 1 aromatic rings. The molecule has 0 aliphatic heterocycles. The topological polar surface area (TPSA) is 29.5 Å². The van der Waals surface area contributed by atoms with Crippen LogP contribution in [0.3, 0.4) is 0 Å². The van der Waals surface area contributed by atoms with E-state index in [-0.39, 0.29) is 6.61 Å². The molecular weight excluding hydrogens is 241 g/mol. The van der Waals surface area contributed by atoms with Crippen LogP contribution in [0.15, 0.2) is 17.5 Å². The Balaban J connectivity index is 2.62. The monoisotopic (exact) mass is 254 g/mol. The van der Waals surface area contributed by atoms with Crippen LogP contribution < -0.4 is 0 Å². The third kappa shape index (κ3) is 3.77. The van der Waals surface area contributed by atoms with Crippen LogP contribution in [0.25, 0.3) is 0 Å². The zero-order valence-electron chi connectivity index (χ0n) is 8.70. The van der Waals surface area contributed by atoms with E-state index in [4.69, 9.17) is 0 Å². The van der Waals surface area contributed by atoms with Gasteiger partial charge in [-0.2, -0.15) is 13.2 Å². The van der Waals surface area contributed by atoms with E-state index in [0.717, 1.165) is 0 Å². The second-order valence-corrected chi connectivity index (χ2v) is 4.23. The number of ether oxygens (including phenoxy) is 1. The van der Waals surface area contributed by atoms with Gasteiger partial charge in [-0.3, -0.25) is 0 Å². The van der Waals surface area contributed by atoms with Crippen molar-refractivity contribution >= 4 is 11.3 Å². The molecule has 0 spiro atoms. The zero-order valence-corrected chi connectivity index (χ0v) is 9.52. The lowest BCUT2D eigenvalue weighted by Crippen LogP contribution is -2.33. The fraction of sp³-hybridized carbons (Fsp3) is 0.600. The SMILES string of the molecule is CCOC(CC(O)c1cccs1)C(F)(F)F. The minimum Gasteiger partial charge on any atom is -0.387 e. The number of hydrogen-bond donors (Lipinski definition) is 1. The van der Waals surface area contributed by atoms with Gasteiger partial charge in [0, 0.05) is 17.9 Å². The van der Waals surface area contributed by atoms with E-state index in [0.29, 0.717) is 4.88 Å². The molecule has 1 rings (SSSR count). The van der Waals surface area contributed by atoms with Gasteiger partial charge in [0.1, 0.15) is 0 Å². The minimum absolute atomic E-state index is 0.0265. The van der Waals surface area contributed by atoms with Crippen LogP contribution in [0.1, 0.15) is 24.3 Å². The van der Waals surface area contributed by atoms with Gasteiger partial charge in [0.15, 0.2) is 6.10 Å². The van der Waals surface area contributed by atoms with Gasteiger partial charge in [0.2, 0.25) is 0 Å². The standard InChI is InChI=1S/C10H13F3O2S/c1-2-15-9(10(11,12)13)6-7(14)8-4-3-5-16-8/h3-5,7,9,14H,2,6H2,1H3. The van der Waals surface area contributed by atoms with E-state index in [1.54, 1.807) is 17.5 Å². The van der Waals surface area contributed by atoms with Crippen LogP contribution >= 0.6 is 11.3 Å². The van der Waals surface area contributed by atoms with Gasteiger partial charge in [-0.05, 0) is 18.4 Å². The number of rotatable bonds is 5. The normalized spacial score (nSPS) is 16.1. The lowest BCUT2D eigenvalue weighted by atomic mass is 10.1. The maximum Gasteiger partial charge on any atom is 0.414 e. The van der Waals surface area contributed by atoms with E-state index in [2.05, 4.69) is 4.74 Å². The average Bonchev–Trinajstić information content (AvgIpc) is 2.68. The molecule has 0 aliphatic rings. The van der Waals surface area contributed by atoms with Gasteiger partial charge in [0.25, 0.3) is 0 Å². The number of alkyl halides is 3. The molecule has 0 aromatic carbocycles. The predicted molar refractivity (Wildman–Crippen MR) is 55.4 cm³/mol. The Labute approximate surface area is 95.7 Å². The highest BCUT2D eigenvalue weighted by molar-refractivity contribution is 7.10. The molecule has 0 fully saturated rings. The molecule has 0 amide bonds. The van der Waals surface area contributed by atoms with E-state index in [1.165, 1.54) is 18.3 Å². The molecule has 1 aromatic heterocycles. The van der Waals surface area contributed by atoms with E-state index in [9.17, 15) is 18.3 Å². The molecular formula is C10H13F3O2S. The maximum atomic E-state index is 12.5. The molecule has 2 atom stereocenters. The molecule has 1 heterocycles. The van der Waals surface area contributed by atoms with Crippen LogP contribution in [0.2, 0.25) is 0 Å². The van der Waals surface area contributed by atoms with E-state index in [1.807, 2.05) is 0 Å². The molecule has 0 saturated carbocycles. The van der Waals surface area contributed by atoms with Crippen LogP contribution in [0.5, 0.6) is 0 Å². The van der Waals surface area contributed by atoms with Gasteiger partial charge < -0.3 is 9.84 Å². The van der Waals surface area contributed by atoms with Crippen molar-refractivity contribution < 1.29 is 23.0 Å². The average molecular weight is 254 g/mol. The third-order valence-corrected chi connectivity index (χ3v) is 3.02. The van der Waals surface area contributed by atoms with Crippen molar-refractivity contribution in [3.05, 3.63) is 22.4 Å². The molecule has 6 heteroatoms. The summed E-state index contributed by atoms with van der Waals surface area (Å²) in [7, 11) is 0. The predicted octanol–water partition coefficient (Wildman–Crippen LogP) is 3.14. The Morgan fingerprint density at radius 3 is 2.62 bits per heavy atom. The summed E-state index contributed by atoms with van der Waals surface area (Å²) in [6.07, 6.45) is -7.93. The molecule has 0 aliphatic carbocycles. The van der Waals surface area contributed by atoms with E-state index >= 15 is 0 Å². The van der Waals surface area contributed by atoms with E-state index < -0.39 is 24.8 Å².